The van der Waals surface area contributed by atoms with Gasteiger partial charge in [0.05, 0.1) is 35.0 Å². The minimum Gasteiger partial charge on any atom is -0.465 e. The first-order valence-corrected chi connectivity index (χ1v) is 12.5. The number of likely N-dealkylation sites (tertiary alicyclic amines) is 1. The molecule has 2 aliphatic rings. The van der Waals surface area contributed by atoms with Gasteiger partial charge in [-0.1, -0.05) is 18.2 Å². The number of ether oxygens (including phenoxy) is 1. The van der Waals surface area contributed by atoms with Gasteiger partial charge in [-0.25, -0.2) is 19.0 Å². The van der Waals surface area contributed by atoms with Gasteiger partial charge in [-0.05, 0) is 42.5 Å². The van der Waals surface area contributed by atoms with Gasteiger partial charge < -0.3 is 25.4 Å². The van der Waals surface area contributed by atoms with Crippen molar-refractivity contribution in [3.8, 4) is 11.5 Å². The van der Waals surface area contributed by atoms with Gasteiger partial charge in [-0.2, -0.15) is 0 Å². The van der Waals surface area contributed by atoms with Crippen molar-refractivity contribution >= 4 is 56.6 Å². The number of aromatic nitrogens is 1. The molecular weight excluding hydrogens is 513 g/mol. The highest BCUT2D eigenvalue weighted by Gasteiger charge is 2.38. The second-order valence-electron chi connectivity index (χ2n) is 8.77. The number of anilines is 3. The van der Waals surface area contributed by atoms with Crippen LogP contribution in [0.4, 0.5) is 31.0 Å². The van der Waals surface area contributed by atoms with Crippen LogP contribution in [0.2, 0.25) is 0 Å². The lowest BCUT2D eigenvalue weighted by Crippen LogP contribution is -2.42. The smallest absolute Gasteiger partial charge is 0.407 e. The lowest BCUT2D eigenvalue weighted by molar-refractivity contribution is 0.0927. The highest BCUT2D eigenvalue weighted by molar-refractivity contribution is 7.21. The number of amides is 4. The van der Waals surface area contributed by atoms with Crippen molar-refractivity contribution in [2.24, 2.45) is 0 Å². The molecule has 0 saturated carbocycles. The van der Waals surface area contributed by atoms with Gasteiger partial charge in [0, 0.05) is 12.7 Å². The van der Waals surface area contributed by atoms with Crippen LogP contribution >= 0.6 is 11.3 Å². The quantitative estimate of drug-likeness (QED) is 0.324. The van der Waals surface area contributed by atoms with Crippen molar-refractivity contribution in [2.45, 2.75) is 12.2 Å². The maximum atomic E-state index is 14.4. The second kappa shape index (κ2) is 9.30. The van der Waals surface area contributed by atoms with Gasteiger partial charge in [0.25, 0.3) is 5.91 Å². The number of nitrogens with one attached hydrogen (secondary N) is 2. The second-order valence-corrected chi connectivity index (χ2v) is 9.77. The van der Waals surface area contributed by atoms with Crippen LogP contribution in [0.15, 0.2) is 66.9 Å². The highest BCUT2D eigenvalue weighted by Crippen LogP contribution is 2.46. The molecule has 0 bridgehead atoms. The first-order chi connectivity index (χ1) is 18.4. The summed E-state index contributed by atoms with van der Waals surface area (Å²) in [6, 6.07) is 16.6. The van der Waals surface area contributed by atoms with Crippen molar-refractivity contribution in [3.63, 3.8) is 0 Å². The molecule has 2 unspecified atom stereocenters. The van der Waals surface area contributed by atoms with Gasteiger partial charge in [0.1, 0.15) is 27.4 Å². The van der Waals surface area contributed by atoms with Crippen LogP contribution in [0.3, 0.4) is 0 Å². The summed E-state index contributed by atoms with van der Waals surface area (Å²) in [6.45, 7) is -0.470. The first-order valence-electron chi connectivity index (χ1n) is 11.7. The number of pyridine rings is 1. The van der Waals surface area contributed by atoms with Gasteiger partial charge in [0.15, 0.2) is 0 Å². The van der Waals surface area contributed by atoms with E-state index >= 15 is 0 Å². The molecule has 2 atom stereocenters. The zero-order chi connectivity index (χ0) is 26.4. The number of thiophene rings is 1. The summed E-state index contributed by atoms with van der Waals surface area (Å²) in [5, 5.41) is 15.1. The number of halogens is 1. The summed E-state index contributed by atoms with van der Waals surface area (Å²) < 4.78 is 20.2. The normalized spacial score (nSPS) is 18.4. The number of carbonyl (C=O) groups excluding carboxylic acids is 2. The van der Waals surface area contributed by atoms with E-state index in [1.165, 1.54) is 4.90 Å². The van der Waals surface area contributed by atoms with Crippen LogP contribution in [0.1, 0.15) is 9.67 Å². The van der Waals surface area contributed by atoms with Crippen molar-refractivity contribution in [1.29, 1.82) is 0 Å². The summed E-state index contributed by atoms with van der Waals surface area (Å²) in [6.07, 6.45) is -1.23. The van der Waals surface area contributed by atoms with Crippen molar-refractivity contribution < 1.29 is 28.6 Å². The molecule has 1 fully saturated rings. The largest absolute Gasteiger partial charge is 0.465 e. The molecular formula is C26H20FN5O5S. The molecule has 12 heteroatoms. The Morgan fingerprint density at radius 3 is 2.53 bits per heavy atom. The highest BCUT2D eigenvalue weighted by atomic mass is 32.1. The van der Waals surface area contributed by atoms with Crippen LogP contribution in [0, 0.1) is 0 Å². The predicted molar refractivity (Wildman–Crippen MR) is 139 cm³/mol. The van der Waals surface area contributed by atoms with Gasteiger partial charge in [0.2, 0.25) is 0 Å². The number of urea groups is 1. The molecule has 0 radical (unpaired) electrons. The SMILES string of the molecule is O=C(NC1CN(C(=O)O)CC1F)c1sc2nccc3c2c1NC(=O)N3c1ccc(Oc2ccccc2)cc1. The summed E-state index contributed by atoms with van der Waals surface area (Å²) >= 11 is 1.07. The summed E-state index contributed by atoms with van der Waals surface area (Å²) in [5.41, 5.74) is 1.42. The van der Waals surface area contributed by atoms with Crippen LogP contribution in [0.25, 0.3) is 10.2 Å². The Kier molecular flexibility index (Phi) is 5.80. The summed E-state index contributed by atoms with van der Waals surface area (Å²) in [4.78, 5) is 45.0. The van der Waals surface area contributed by atoms with Crippen LogP contribution < -0.4 is 20.3 Å². The topological polar surface area (TPSA) is 124 Å². The van der Waals surface area contributed by atoms with E-state index in [0.29, 0.717) is 38.8 Å². The molecule has 6 rings (SSSR count). The number of carboxylic acid groups (broad SMARTS) is 1. The third-order valence-corrected chi connectivity index (χ3v) is 7.46. The van der Waals surface area contributed by atoms with E-state index in [2.05, 4.69) is 15.6 Å². The number of hydrogen-bond acceptors (Lipinski definition) is 6. The van der Waals surface area contributed by atoms with E-state index < -0.39 is 30.2 Å². The number of carbonyl (C=O) groups is 3. The number of alkyl halides is 1. The number of hydrogen-bond donors (Lipinski definition) is 3. The third kappa shape index (κ3) is 4.14. The van der Waals surface area contributed by atoms with E-state index in [4.69, 9.17) is 9.84 Å². The number of nitrogens with zero attached hydrogens (tertiary/aromatic N) is 3. The zero-order valence-corrected chi connectivity index (χ0v) is 20.4. The fraction of sp³-hybridized carbons (Fsp3) is 0.154. The molecule has 2 aromatic carbocycles. The maximum Gasteiger partial charge on any atom is 0.407 e. The Balaban J connectivity index is 1.29. The van der Waals surface area contributed by atoms with Crippen molar-refractivity contribution in [2.75, 3.05) is 23.3 Å². The monoisotopic (exact) mass is 533 g/mol. The van der Waals surface area contributed by atoms with Gasteiger partial charge >= 0.3 is 12.1 Å². The molecule has 2 aromatic heterocycles. The summed E-state index contributed by atoms with van der Waals surface area (Å²) in [5.74, 6) is 0.685. The maximum absolute atomic E-state index is 14.4. The Hall–Kier alpha value is -4.71. The first kappa shape index (κ1) is 23.7. The number of rotatable bonds is 5. The molecule has 4 aromatic rings. The Morgan fingerprint density at radius 1 is 1.08 bits per heavy atom. The molecule has 10 nitrogen and oxygen atoms in total. The average molecular weight is 534 g/mol. The van der Waals surface area contributed by atoms with E-state index in [0.717, 1.165) is 16.2 Å². The molecule has 0 spiro atoms. The molecule has 4 amide bonds. The molecule has 1 saturated heterocycles. The molecule has 2 aliphatic heterocycles. The van der Waals surface area contributed by atoms with Crippen molar-refractivity contribution in [1.82, 2.24) is 15.2 Å². The molecule has 0 aliphatic carbocycles. The fourth-order valence-electron chi connectivity index (χ4n) is 4.58. The van der Waals surface area contributed by atoms with E-state index in [9.17, 15) is 18.8 Å². The molecule has 4 heterocycles. The minimum atomic E-state index is -1.53. The standard InChI is InChI=1S/C26H20FN5O5S/c27-17-12-31(26(35)36)13-18(17)29-23(33)22-21-20-19(10-11-28-24(20)38-22)32(25(34)30-21)14-6-8-16(9-7-14)37-15-4-2-1-3-5-15/h1-11,17-18H,12-13H2,(H,29,33)(H,30,34)(H,35,36). The molecule has 192 valence electrons. The number of para-hydroxylation sites is 1. The Morgan fingerprint density at radius 2 is 1.82 bits per heavy atom. The number of benzene rings is 2. The molecule has 38 heavy (non-hydrogen) atoms. The van der Waals surface area contributed by atoms with Crippen LogP contribution in [-0.4, -0.2) is 58.3 Å². The predicted octanol–water partition coefficient (Wildman–Crippen LogP) is 5.20. The van der Waals surface area contributed by atoms with Crippen LogP contribution in [-0.2, 0) is 0 Å². The van der Waals surface area contributed by atoms with Gasteiger partial charge in [-0.3, -0.25) is 9.69 Å². The van der Waals surface area contributed by atoms with E-state index in [-0.39, 0.29) is 18.0 Å². The fourth-order valence-corrected chi connectivity index (χ4v) is 5.60. The van der Waals surface area contributed by atoms with Gasteiger partial charge in [-0.15, -0.1) is 11.3 Å². The van der Waals surface area contributed by atoms with Crippen molar-refractivity contribution in [3.05, 3.63) is 71.7 Å². The lowest BCUT2D eigenvalue weighted by atomic mass is 10.1. The average Bonchev–Trinajstić information content (AvgIpc) is 3.47. The Labute approximate surface area is 219 Å². The van der Waals surface area contributed by atoms with E-state index in [1.54, 1.807) is 36.5 Å². The minimum absolute atomic E-state index is 0.157. The lowest BCUT2D eigenvalue weighted by Gasteiger charge is -2.28. The Bertz CT molecular complexity index is 1560. The zero-order valence-electron chi connectivity index (χ0n) is 19.6. The third-order valence-electron chi connectivity index (χ3n) is 6.36. The van der Waals surface area contributed by atoms with Crippen LogP contribution in [0.5, 0.6) is 11.5 Å². The summed E-state index contributed by atoms with van der Waals surface area (Å²) in [7, 11) is 0. The molecule has 3 N–H and O–H groups in total. The van der Waals surface area contributed by atoms with E-state index in [1.807, 2.05) is 30.3 Å².